The number of sulfone groups is 1. The number of aromatic amines is 1. The fraction of sp³-hybridized carbons (Fsp3) is 0.500. The Hall–Kier alpha value is -0.810. The Balaban J connectivity index is 2.32. The van der Waals surface area contributed by atoms with Crippen molar-refractivity contribution in [2.75, 3.05) is 18.8 Å². The Morgan fingerprint density at radius 3 is 2.92 bits per heavy atom. The minimum atomic E-state index is -2.93. The van der Waals surface area contributed by atoms with Gasteiger partial charge >= 0.3 is 0 Å². The predicted molar refractivity (Wildman–Crippen MR) is 50.2 cm³/mol. The molecule has 0 aliphatic carbocycles. The second-order valence-electron chi connectivity index (χ2n) is 3.20. The van der Waals surface area contributed by atoms with E-state index in [0.29, 0.717) is 13.1 Å². The number of rotatable bonds is 1. The quantitative estimate of drug-likeness (QED) is 0.674. The van der Waals surface area contributed by atoms with Gasteiger partial charge in [-0.25, -0.2) is 8.42 Å². The van der Waals surface area contributed by atoms with Crippen LogP contribution in [0.5, 0.6) is 0 Å². The number of aromatic nitrogens is 1. The maximum atomic E-state index is 11.6. The molecule has 1 aromatic rings. The first-order valence-electron chi connectivity index (χ1n) is 4.25. The summed E-state index contributed by atoms with van der Waals surface area (Å²) in [5.41, 5.74) is 0.854. The molecule has 0 aromatic carbocycles. The van der Waals surface area contributed by atoms with Gasteiger partial charge in [-0.15, -0.1) is 0 Å². The standard InChI is InChI=1S/C8H12N2O2S/c11-13(12)4-3-10-6-8(13)7-1-2-9-5-7/h1-2,5,8-10H,3-4,6H2. The molecule has 2 N–H and O–H groups in total. The van der Waals surface area contributed by atoms with Crippen molar-refractivity contribution in [3.8, 4) is 0 Å². The van der Waals surface area contributed by atoms with Crippen LogP contribution in [-0.4, -0.2) is 32.2 Å². The van der Waals surface area contributed by atoms with Crippen LogP contribution in [0, 0.1) is 0 Å². The van der Waals surface area contributed by atoms with Gasteiger partial charge in [0.1, 0.15) is 5.25 Å². The number of hydrogen-bond acceptors (Lipinski definition) is 3. The monoisotopic (exact) mass is 200 g/mol. The van der Waals surface area contributed by atoms with Crippen LogP contribution in [0.3, 0.4) is 0 Å². The van der Waals surface area contributed by atoms with Crippen molar-refractivity contribution < 1.29 is 8.42 Å². The van der Waals surface area contributed by atoms with E-state index in [2.05, 4.69) is 10.3 Å². The van der Waals surface area contributed by atoms with Crippen LogP contribution in [0.2, 0.25) is 0 Å². The molecule has 1 saturated heterocycles. The molecule has 1 aliphatic heterocycles. The lowest BCUT2D eigenvalue weighted by Crippen LogP contribution is -2.38. The van der Waals surface area contributed by atoms with E-state index in [9.17, 15) is 8.42 Å². The van der Waals surface area contributed by atoms with Gasteiger partial charge in [-0.2, -0.15) is 0 Å². The summed E-state index contributed by atoms with van der Waals surface area (Å²) in [6.07, 6.45) is 3.49. The lowest BCUT2D eigenvalue weighted by Gasteiger charge is -2.22. The fourth-order valence-corrected chi connectivity index (χ4v) is 3.23. The van der Waals surface area contributed by atoms with Gasteiger partial charge in [0.2, 0.25) is 0 Å². The Kier molecular flexibility index (Phi) is 2.13. The van der Waals surface area contributed by atoms with E-state index in [0.717, 1.165) is 5.56 Å². The molecule has 1 aromatic heterocycles. The second kappa shape index (κ2) is 3.16. The molecule has 0 spiro atoms. The van der Waals surface area contributed by atoms with E-state index in [-0.39, 0.29) is 11.0 Å². The number of nitrogens with one attached hydrogen (secondary N) is 2. The molecule has 2 rings (SSSR count). The van der Waals surface area contributed by atoms with Gasteiger partial charge in [-0.3, -0.25) is 0 Å². The molecule has 0 saturated carbocycles. The third-order valence-corrected chi connectivity index (χ3v) is 4.40. The molecule has 1 aliphatic rings. The third-order valence-electron chi connectivity index (χ3n) is 2.32. The molecule has 4 nitrogen and oxygen atoms in total. The first-order valence-corrected chi connectivity index (χ1v) is 5.97. The van der Waals surface area contributed by atoms with Crippen molar-refractivity contribution in [2.45, 2.75) is 5.25 Å². The van der Waals surface area contributed by atoms with Crippen molar-refractivity contribution in [1.82, 2.24) is 10.3 Å². The summed E-state index contributed by atoms with van der Waals surface area (Å²) in [4.78, 5) is 2.87. The van der Waals surface area contributed by atoms with Gasteiger partial charge in [-0.05, 0) is 11.6 Å². The summed E-state index contributed by atoms with van der Waals surface area (Å²) in [5.74, 6) is 0.239. The zero-order chi connectivity index (χ0) is 9.31. The highest BCUT2D eigenvalue weighted by atomic mass is 32.2. The van der Waals surface area contributed by atoms with Crippen LogP contribution in [0.1, 0.15) is 10.8 Å². The summed E-state index contributed by atoms with van der Waals surface area (Å²) >= 11 is 0. The summed E-state index contributed by atoms with van der Waals surface area (Å²) in [6, 6.07) is 1.81. The smallest absolute Gasteiger partial charge is 0.159 e. The molecule has 2 heterocycles. The van der Waals surface area contributed by atoms with Crippen LogP contribution >= 0.6 is 0 Å². The Morgan fingerprint density at radius 1 is 1.46 bits per heavy atom. The van der Waals surface area contributed by atoms with Gasteiger partial charge in [0.15, 0.2) is 9.84 Å². The number of H-pyrrole nitrogens is 1. The van der Waals surface area contributed by atoms with E-state index in [1.54, 1.807) is 12.4 Å². The minimum absolute atomic E-state index is 0.239. The average molecular weight is 200 g/mol. The van der Waals surface area contributed by atoms with Crippen LogP contribution in [-0.2, 0) is 9.84 Å². The highest BCUT2D eigenvalue weighted by molar-refractivity contribution is 7.91. The first kappa shape index (κ1) is 8.77. The van der Waals surface area contributed by atoms with Gasteiger partial charge in [-0.1, -0.05) is 0 Å². The molecule has 1 fully saturated rings. The van der Waals surface area contributed by atoms with Crippen LogP contribution in [0.15, 0.2) is 18.5 Å². The molecule has 0 bridgehead atoms. The normalized spacial score (nSPS) is 27.2. The Morgan fingerprint density at radius 2 is 2.31 bits per heavy atom. The van der Waals surface area contributed by atoms with Gasteiger partial charge < -0.3 is 10.3 Å². The van der Waals surface area contributed by atoms with E-state index in [1.165, 1.54) is 0 Å². The summed E-state index contributed by atoms with van der Waals surface area (Å²) in [5, 5.41) is 2.72. The highest BCUT2D eigenvalue weighted by Gasteiger charge is 2.29. The van der Waals surface area contributed by atoms with E-state index < -0.39 is 9.84 Å². The predicted octanol–water partition coefficient (Wildman–Crippen LogP) is 0.0738. The lowest BCUT2D eigenvalue weighted by atomic mass is 10.2. The molecule has 0 amide bonds. The first-order chi connectivity index (χ1) is 6.20. The fourth-order valence-electron chi connectivity index (χ4n) is 1.58. The highest BCUT2D eigenvalue weighted by Crippen LogP contribution is 2.23. The zero-order valence-electron chi connectivity index (χ0n) is 7.16. The van der Waals surface area contributed by atoms with Crippen molar-refractivity contribution in [3.05, 3.63) is 24.0 Å². The van der Waals surface area contributed by atoms with Gasteiger partial charge in [0.05, 0.1) is 5.75 Å². The number of hydrogen-bond donors (Lipinski definition) is 2. The maximum absolute atomic E-state index is 11.6. The molecule has 72 valence electrons. The summed E-state index contributed by atoms with van der Waals surface area (Å²) < 4.78 is 23.3. The van der Waals surface area contributed by atoms with Crippen molar-refractivity contribution >= 4 is 9.84 Å². The third kappa shape index (κ3) is 1.62. The van der Waals surface area contributed by atoms with E-state index >= 15 is 0 Å². The SMILES string of the molecule is O=S1(=O)CCNCC1c1cc[nH]c1. The topological polar surface area (TPSA) is 62.0 Å². The average Bonchev–Trinajstić information content (AvgIpc) is 2.55. The molecule has 1 atom stereocenters. The van der Waals surface area contributed by atoms with Crippen LogP contribution in [0.4, 0.5) is 0 Å². The molecule has 0 radical (unpaired) electrons. The summed E-state index contributed by atoms with van der Waals surface area (Å²) in [7, 11) is -2.93. The molecular weight excluding hydrogens is 188 g/mol. The van der Waals surface area contributed by atoms with E-state index in [1.807, 2.05) is 6.07 Å². The lowest BCUT2D eigenvalue weighted by molar-refractivity contribution is 0.551. The second-order valence-corrected chi connectivity index (χ2v) is 5.51. The van der Waals surface area contributed by atoms with Crippen molar-refractivity contribution in [3.63, 3.8) is 0 Å². The van der Waals surface area contributed by atoms with Crippen molar-refractivity contribution in [1.29, 1.82) is 0 Å². The van der Waals surface area contributed by atoms with Gasteiger partial charge in [0, 0.05) is 25.5 Å². The molecule has 13 heavy (non-hydrogen) atoms. The van der Waals surface area contributed by atoms with Crippen molar-refractivity contribution in [2.24, 2.45) is 0 Å². The Labute approximate surface area is 77.3 Å². The van der Waals surface area contributed by atoms with Gasteiger partial charge in [0.25, 0.3) is 0 Å². The molecule has 5 heteroatoms. The Bertz CT molecular complexity index is 369. The van der Waals surface area contributed by atoms with Crippen LogP contribution in [0.25, 0.3) is 0 Å². The summed E-state index contributed by atoms with van der Waals surface area (Å²) in [6.45, 7) is 1.10. The zero-order valence-corrected chi connectivity index (χ0v) is 7.97. The largest absolute Gasteiger partial charge is 0.367 e. The van der Waals surface area contributed by atoms with Crippen LogP contribution < -0.4 is 5.32 Å². The molecular formula is C8H12N2O2S. The van der Waals surface area contributed by atoms with E-state index in [4.69, 9.17) is 0 Å². The molecule has 1 unspecified atom stereocenters. The maximum Gasteiger partial charge on any atom is 0.159 e. The minimum Gasteiger partial charge on any atom is -0.367 e.